The molecule has 0 amide bonds. The van der Waals surface area contributed by atoms with Crippen LogP contribution in [0.15, 0.2) is 34.2 Å². The van der Waals surface area contributed by atoms with Crippen molar-refractivity contribution in [1.82, 2.24) is 0 Å². The van der Waals surface area contributed by atoms with Gasteiger partial charge in [0.1, 0.15) is 0 Å². The lowest BCUT2D eigenvalue weighted by Gasteiger charge is -2.08. The van der Waals surface area contributed by atoms with Gasteiger partial charge in [0.2, 0.25) is 0 Å². The van der Waals surface area contributed by atoms with E-state index in [0.717, 1.165) is 10.6 Å². The standard InChI is InChI=1S/C11H16ClNO6P2S/c12-9-3-5-10(6-4-9)22-8-2-1-7-13-11(20(14,15)16)21(17,18)19/h3-6,14-16H,1-2,7-8H2,(H-,17,18,19)/p+1. The van der Waals surface area contributed by atoms with Crippen LogP contribution in [0.25, 0.3) is 0 Å². The van der Waals surface area contributed by atoms with Crippen molar-refractivity contribution in [3.63, 3.8) is 0 Å². The van der Waals surface area contributed by atoms with Crippen LogP contribution in [0.1, 0.15) is 12.8 Å². The van der Waals surface area contributed by atoms with Gasteiger partial charge >= 0.3 is 20.7 Å². The third kappa shape index (κ3) is 7.51. The Bertz CT molecular complexity index is 557. The molecule has 11 heteroatoms. The molecule has 0 aliphatic heterocycles. The van der Waals surface area contributed by atoms with Crippen molar-refractivity contribution >= 4 is 44.1 Å². The highest BCUT2D eigenvalue weighted by Crippen LogP contribution is 2.60. The highest BCUT2D eigenvalue weighted by atomic mass is 35.5. The fourth-order valence-corrected chi connectivity index (χ4v) is 4.49. The predicted molar refractivity (Wildman–Crippen MR) is 89.3 cm³/mol. The number of hydrogen-bond donors (Lipinski definition) is 5. The van der Waals surface area contributed by atoms with Gasteiger partial charge in [0.05, 0.1) is 0 Å². The minimum Gasteiger partial charge on any atom is -0.317 e. The minimum absolute atomic E-state index is 0.00888. The number of aliphatic imine (C=N–C) groups is 1. The fourth-order valence-electron chi connectivity index (χ4n) is 1.48. The molecule has 5 N–H and O–H groups in total. The molecule has 124 valence electrons. The summed E-state index contributed by atoms with van der Waals surface area (Å²) in [5, 5.41) is -0.571. The van der Waals surface area contributed by atoms with Crippen molar-refractivity contribution in [2.75, 3.05) is 12.3 Å². The van der Waals surface area contributed by atoms with Gasteiger partial charge in [-0.1, -0.05) is 11.6 Å². The molecule has 0 saturated carbocycles. The molecule has 0 unspecified atom stereocenters. The van der Waals surface area contributed by atoms with Crippen LogP contribution in [-0.2, 0) is 4.57 Å². The Kier molecular flexibility index (Phi) is 7.95. The van der Waals surface area contributed by atoms with Crippen LogP contribution >= 0.6 is 38.9 Å². The highest BCUT2D eigenvalue weighted by Gasteiger charge is 2.51. The van der Waals surface area contributed by atoms with Gasteiger partial charge in [-0.3, -0.25) is 0 Å². The molecule has 0 saturated heterocycles. The molecule has 0 aliphatic rings. The average Bonchev–Trinajstić information content (AvgIpc) is 2.36. The summed E-state index contributed by atoms with van der Waals surface area (Å²) in [7, 11) is -9.76. The van der Waals surface area contributed by atoms with Crippen LogP contribution in [-0.4, -0.2) is 42.0 Å². The fraction of sp³-hybridized carbons (Fsp3) is 0.364. The smallest absolute Gasteiger partial charge is 0.317 e. The number of thioether (sulfide) groups is 1. The van der Waals surface area contributed by atoms with Crippen LogP contribution in [0.5, 0.6) is 0 Å². The third-order valence-corrected chi connectivity index (χ3v) is 6.69. The van der Waals surface area contributed by atoms with Gasteiger partial charge in [-0.15, -0.1) is 11.8 Å². The Morgan fingerprint density at radius 2 is 1.77 bits per heavy atom. The Balaban J connectivity index is 2.38. The van der Waals surface area contributed by atoms with Crippen LogP contribution in [0.2, 0.25) is 5.02 Å². The lowest BCUT2D eigenvalue weighted by molar-refractivity contribution is 0.348. The van der Waals surface area contributed by atoms with E-state index in [1.165, 1.54) is 0 Å². The first-order valence-corrected chi connectivity index (χ1v) is 10.8. The highest BCUT2D eigenvalue weighted by molar-refractivity contribution is 8.00. The Hall–Kier alpha value is -0.0100. The quantitative estimate of drug-likeness (QED) is 0.200. The van der Waals surface area contributed by atoms with Crippen molar-refractivity contribution in [3.8, 4) is 0 Å². The zero-order valence-corrected chi connectivity index (χ0v) is 14.8. The van der Waals surface area contributed by atoms with E-state index >= 15 is 0 Å². The molecular formula is C11H17ClNO6P2S+. The van der Waals surface area contributed by atoms with Crippen LogP contribution in [0, 0.1) is 0 Å². The maximum Gasteiger partial charge on any atom is 0.469 e. The molecule has 0 heterocycles. The first-order valence-electron chi connectivity index (χ1n) is 6.17. The molecule has 0 aromatic heterocycles. The van der Waals surface area contributed by atoms with Crippen LogP contribution in [0.3, 0.4) is 0 Å². The van der Waals surface area contributed by atoms with Crippen molar-refractivity contribution in [2.24, 2.45) is 4.99 Å². The van der Waals surface area contributed by atoms with Crippen molar-refractivity contribution in [2.45, 2.75) is 17.7 Å². The molecule has 1 aromatic rings. The lowest BCUT2D eigenvalue weighted by atomic mass is 10.3. The summed E-state index contributed by atoms with van der Waals surface area (Å²) >= 11 is 7.37. The van der Waals surface area contributed by atoms with E-state index in [1.807, 2.05) is 12.1 Å². The topological polar surface area (TPSA) is 131 Å². The zero-order chi connectivity index (χ0) is 16.8. The summed E-state index contributed by atoms with van der Waals surface area (Å²) in [6.07, 6.45) is 1.20. The van der Waals surface area contributed by atoms with Gasteiger partial charge in [-0.05, 0) is 42.9 Å². The van der Waals surface area contributed by atoms with E-state index < -0.39 is 20.7 Å². The van der Waals surface area contributed by atoms with E-state index in [4.69, 9.17) is 36.1 Å². The van der Waals surface area contributed by atoms with E-state index in [2.05, 4.69) is 4.99 Å². The van der Waals surface area contributed by atoms with Crippen molar-refractivity contribution in [1.29, 1.82) is 0 Å². The van der Waals surface area contributed by atoms with E-state index in [-0.39, 0.29) is 6.54 Å². The Morgan fingerprint density at radius 3 is 2.27 bits per heavy atom. The molecule has 0 fully saturated rings. The van der Waals surface area contributed by atoms with Crippen molar-refractivity contribution in [3.05, 3.63) is 29.3 Å². The lowest BCUT2D eigenvalue weighted by Crippen LogP contribution is -2.07. The maximum absolute atomic E-state index is 11.0. The van der Waals surface area contributed by atoms with Gasteiger partial charge in [0.25, 0.3) is 0 Å². The summed E-state index contributed by atoms with van der Waals surface area (Å²) in [6.45, 7) is -0.00888. The maximum atomic E-state index is 11.0. The third-order valence-electron chi connectivity index (χ3n) is 2.42. The van der Waals surface area contributed by atoms with Gasteiger partial charge < -0.3 is 9.79 Å². The zero-order valence-electron chi connectivity index (χ0n) is 11.4. The Labute approximate surface area is 137 Å². The molecule has 22 heavy (non-hydrogen) atoms. The molecule has 0 radical (unpaired) electrons. The number of unbranched alkanes of at least 4 members (excludes halogenated alkanes) is 1. The monoisotopic (exact) mass is 388 g/mol. The SMILES string of the molecule is O=P(O)(O)C(=NCCCCSc1ccc(Cl)cc1)[P+](O)(O)O. The second-order valence-electron chi connectivity index (χ2n) is 4.30. The molecule has 0 aliphatic carbocycles. The largest absolute Gasteiger partial charge is 0.469 e. The van der Waals surface area contributed by atoms with E-state index in [9.17, 15) is 4.57 Å². The first-order chi connectivity index (χ1) is 10.1. The Morgan fingerprint density at radius 1 is 1.18 bits per heavy atom. The molecular weight excluding hydrogens is 372 g/mol. The molecule has 0 atom stereocenters. The second-order valence-corrected chi connectivity index (χ2v) is 9.33. The number of halogens is 1. The summed E-state index contributed by atoms with van der Waals surface area (Å²) < 4.78 is 11.0. The van der Waals surface area contributed by atoms with Gasteiger partial charge in [-0.2, -0.15) is 14.7 Å². The van der Waals surface area contributed by atoms with Crippen molar-refractivity contribution < 1.29 is 29.0 Å². The molecule has 1 aromatic carbocycles. The molecule has 7 nitrogen and oxygen atoms in total. The number of hydrogen-bond acceptors (Lipinski definition) is 6. The van der Waals surface area contributed by atoms with Crippen LogP contribution in [0.4, 0.5) is 0 Å². The summed E-state index contributed by atoms with van der Waals surface area (Å²) in [6, 6.07) is 7.35. The summed E-state index contributed by atoms with van der Waals surface area (Å²) in [5.74, 6) is 0.764. The summed E-state index contributed by atoms with van der Waals surface area (Å²) in [4.78, 5) is 49.2. The summed E-state index contributed by atoms with van der Waals surface area (Å²) in [5.41, 5.74) is 0. The average molecular weight is 389 g/mol. The van der Waals surface area contributed by atoms with Gasteiger partial charge in [-0.25, -0.2) is 9.56 Å². The normalized spacial score (nSPS) is 13.5. The molecule has 0 bridgehead atoms. The van der Waals surface area contributed by atoms with Gasteiger partial charge in [0, 0.05) is 16.5 Å². The molecule has 1 rings (SSSR count). The number of benzene rings is 1. The minimum atomic E-state index is -4.97. The molecule has 0 spiro atoms. The number of rotatable bonds is 8. The number of nitrogens with zero attached hydrogens (tertiary/aromatic N) is 1. The van der Waals surface area contributed by atoms with Gasteiger partial charge in [0.15, 0.2) is 0 Å². The second kappa shape index (κ2) is 8.73. The van der Waals surface area contributed by atoms with Crippen LogP contribution < -0.4 is 0 Å². The van der Waals surface area contributed by atoms with E-state index in [1.54, 1.807) is 23.9 Å². The van der Waals surface area contributed by atoms with E-state index in [0.29, 0.717) is 17.9 Å². The predicted octanol–water partition coefficient (Wildman–Crippen LogP) is 2.49. The first kappa shape index (κ1) is 20.0.